The Hall–Kier alpha value is -2.22. The van der Waals surface area contributed by atoms with E-state index in [0.29, 0.717) is 29.2 Å². The van der Waals surface area contributed by atoms with Crippen molar-refractivity contribution in [1.29, 1.82) is 0 Å². The van der Waals surface area contributed by atoms with Crippen molar-refractivity contribution in [2.24, 2.45) is 0 Å². The molecule has 8 heteroatoms. The third-order valence-corrected chi connectivity index (χ3v) is 5.54. The van der Waals surface area contributed by atoms with Gasteiger partial charge in [0.15, 0.2) is 5.65 Å². The second-order valence-electron chi connectivity index (χ2n) is 6.59. The normalized spacial score (nSPS) is 18.6. The van der Waals surface area contributed by atoms with Crippen molar-refractivity contribution in [1.82, 2.24) is 25.1 Å². The molecule has 0 aliphatic carbocycles. The fourth-order valence-corrected chi connectivity index (χ4v) is 4.21. The summed E-state index contributed by atoms with van der Waals surface area (Å²) in [5.74, 6) is 2.05. The molecule has 126 valence electrons. The molecule has 0 amide bonds. The fraction of sp³-hybridized carbons (Fsp3) is 0.500. The maximum atomic E-state index is 6.04. The van der Waals surface area contributed by atoms with Crippen LogP contribution in [0, 0.1) is 0 Å². The van der Waals surface area contributed by atoms with Gasteiger partial charge in [0.1, 0.15) is 5.82 Å². The lowest BCUT2D eigenvalue weighted by Gasteiger charge is -2.31. The second-order valence-corrected chi connectivity index (χ2v) is 7.48. The van der Waals surface area contributed by atoms with Gasteiger partial charge in [0, 0.05) is 24.4 Å². The predicted molar refractivity (Wildman–Crippen MR) is 96.5 cm³/mol. The minimum absolute atomic E-state index is 0.429. The number of nitrogens with zero attached hydrogens (tertiary/aromatic N) is 5. The zero-order valence-corrected chi connectivity index (χ0v) is 14.7. The van der Waals surface area contributed by atoms with Crippen molar-refractivity contribution in [2.75, 3.05) is 23.7 Å². The summed E-state index contributed by atoms with van der Waals surface area (Å²) < 4.78 is 0. The SMILES string of the molecule is CC(C)c1csc(C2CCCN(c3nc(N)c4cn[nH]c4n3)C2)n1. The highest BCUT2D eigenvalue weighted by molar-refractivity contribution is 7.09. The first-order chi connectivity index (χ1) is 11.6. The van der Waals surface area contributed by atoms with E-state index in [0.717, 1.165) is 31.3 Å². The van der Waals surface area contributed by atoms with Crippen LogP contribution in [0.3, 0.4) is 0 Å². The molecular weight excluding hydrogens is 322 g/mol. The van der Waals surface area contributed by atoms with E-state index >= 15 is 0 Å². The number of rotatable bonds is 3. The Morgan fingerprint density at radius 2 is 2.21 bits per heavy atom. The number of aromatic nitrogens is 5. The van der Waals surface area contributed by atoms with Crippen LogP contribution in [-0.4, -0.2) is 38.2 Å². The van der Waals surface area contributed by atoms with E-state index in [1.165, 1.54) is 10.7 Å². The van der Waals surface area contributed by atoms with Gasteiger partial charge in [0.2, 0.25) is 5.95 Å². The molecule has 0 bridgehead atoms. The topological polar surface area (TPSA) is 96.6 Å². The maximum absolute atomic E-state index is 6.04. The standard InChI is InChI=1S/C16H21N7S/c1-9(2)12-8-24-15(19-12)10-4-3-5-23(7-10)16-20-13(17)11-6-18-22-14(11)21-16/h6,8-10H,3-5,7H2,1-2H3,(H3,17,18,20,21,22). The van der Waals surface area contributed by atoms with Crippen LogP contribution in [0.2, 0.25) is 0 Å². The number of thiazole rings is 1. The van der Waals surface area contributed by atoms with Crippen LogP contribution in [0.1, 0.15) is 49.2 Å². The zero-order valence-electron chi connectivity index (χ0n) is 13.9. The van der Waals surface area contributed by atoms with E-state index in [1.54, 1.807) is 17.5 Å². The number of hydrogen-bond acceptors (Lipinski definition) is 7. The lowest BCUT2D eigenvalue weighted by Crippen LogP contribution is -2.35. The van der Waals surface area contributed by atoms with Crippen molar-refractivity contribution in [3.63, 3.8) is 0 Å². The van der Waals surface area contributed by atoms with E-state index in [1.807, 2.05) is 0 Å². The molecular formula is C16H21N7S. The number of piperidine rings is 1. The molecule has 0 aromatic carbocycles. The van der Waals surface area contributed by atoms with Gasteiger partial charge < -0.3 is 10.6 Å². The van der Waals surface area contributed by atoms with Crippen LogP contribution in [0.15, 0.2) is 11.6 Å². The number of fused-ring (bicyclic) bond motifs is 1. The smallest absolute Gasteiger partial charge is 0.229 e. The molecule has 0 saturated carbocycles. The highest BCUT2D eigenvalue weighted by Crippen LogP contribution is 2.32. The van der Waals surface area contributed by atoms with Gasteiger partial charge in [-0.15, -0.1) is 11.3 Å². The minimum Gasteiger partial charge on any atom is -0.383 e. The third-order valence-electron chi connectivity index (χ3n) is 4.51. The quantitative estimate of drug-likeness (QED) is 0.759. The van der Waals surface area contributed by atoms with Gasteiger partial charge in [-0.1, -0.05) is 13.8 Å². The molecule has 3 aromatic heterocycles. The molecule has 4 rings (SSSR count). The Morgan fingerprint density at radius 1 is 1.33 bits per heavy atom. The number of hydrogen-bond donors (Lipinski definition) is 2. The number of nitrogens with one attached hydrogen (secondary N) is 1. The molecule has 1 aliphatic rings. The second kappa shape index (κ2) is 6.01. The van der Waals surface area contributed by atoms with Crippen LogP contribution in [0.4, 0.5) is 11.8 Å². The van der Waals surface area contributed by atoms with E-state index in [2.05, 4.69) is 44.3 Å². The summed E-state index contributed by atoms with van der Waals surface area (Å²) in [5.41, 5.74) is 7.92. The first-order valence-electron chi connectivity index (χ1n) is 8.28. The molecule has 7 nitrogen and oxygen atoms in total. The van der Waals surface area contributed by atoms with Crippen molar-refractivity contribution in [3.8, 4) is 0 Å². The Balaban J connectivity index is 1.59. The summed E-state index contributed by atoms with van der Waals surface area (Å²) >= 11 is 1.77. The van der Waals surface area contributed by atoms with Crippen LogP contribution in [0.5, 0.6) is 0 Å². The molecule has 0 spiro atoms. The van der Waals surface area contributed by atoms with Gasteiger partial charge in [-0.3, -0.25) is 5.10 Å². The first-order valence-corrected chi connectivity index (χ1v) is 9.16. The molecule has 1 saturated heterocycles. The number of H-pyrrole nitrogens is 1. The third kappa shape index (κ3) is 2.71. The molecule has 24 heavy (non-hydrogen) atoms. The Labute approximate surface area is 144 Å². The van der Waals surface area contributed by atoms with Crippen LogP contribution in [0.25, 0.3) is 11.0 Å². The van der Waals surface area contributed by atoms with Crippen molar-refractivity contribution in [2.45, 2.75) is 38.5 Å². The van der Waals surface area contributed by atoms with Crippen molar-refractivity contribution < 1.29 is 0 Å². The zero-order chi connectivity index (χ0) is 16.7. The summed E-state index contributed by atoms with van der Waals surface area (Å²) in [6.07, 6.45) is 3.92. The van der Waals surface area contributed by atoms with E-state index in [4.69, 9.17) is 10.7 Å². The molecule has 1 atom stereocenters. The van der Waals surface area contributed by atoms with Gasteiger partial charge in [-0.2, -0.15) is 15.1 Å². The lowest BCUT2D eigenvalue weighted by molar-refractivity contribution is 0.501. The molecule has 3 N–H and O–H groups in total. The molecule has 1 aliphatic heterocycles. The largest absolute Gasteiger partial charge is 0.383 e. The monoisotopic (exact) mass is 343 g/mol. The van der Waals surface area contributed by atoms with Gasteiger partial charge in [-0.25, -0.2) is 4.98 Å². The summed E-state index contributed by atoms with van der Waals surface area (Å²) in [6, 6.07) is 0. The number of nitrogen functional groups attached to an aromatic ring is 1. The minimum atomic E-state index is 0.429. The average Bonchev–Trinajstić information content (AvgIpc) is 3.24. The van der Waals surface area contributed by atoms with Gasteiger partial charge in [-0.05, 0) is 18.8 Å². The summed E-state index contributed by atoms with van der Waals surface area (Å²) in [4.78, 5) is 16.1. The van der Waals surface area contributed by atoms with E-state index in [-0.39, 0.29) is 0 Å². The highest BCUT2D eigenvalue weighted by atomic mass is 32.1. The van der Waals surface area contributed by atoms with E-state index in [9.17, 15) is 0 Å². The average molecular weight is 343 g/mol. The van der Waals surface area contributed by atoms with Crippen molar-refractivity contribution >= 4 is 34.1 Å². The van der Waals surface area contributed by atoms with Crippen LogP contribution >= 0.6 is 11.3 Å². The van der Waals surface area contributed by atoms with Gasteiger partial charge in [0.05, 0.1) is 22.3 Å². The molecule has 3 aromatic rings. The van der Waals surface area contributed by atoms with Crippen LogP contribution < -0.4 is 10.6 Å². The number of nitrogens with two attached hydrogens (primary N) is 1. The number of anilines is 2. The highest BCUT2D eigenvalue weighted by Gasteiger charge is 2.26. The number of aromatic amines is 1. The molecule has 0 radical (unpaired) electrons. The molecule has 4 heterocycles. The Kier molecular flexibility index (Phi) is 3.84. The van der Waals surface area contributed by atoms with Crippen molar-refractivity contribution in [3.05, 3.63) is 22.3 Å². The predicted octanol–water partition coefficient (Wildman–Crippen LogP) is 2.90. The first kappa shape index (κ1) is 15.3. The van der Waals surface area contributed by atoms with E-state index < -0.39 is 0 Å². The molecule has 1 unspecified atom stereocenters. The lowest BCUT2D eigenvalue weighted by atomic mass is 9.99. The summed E-state index contributed by atoms with van der Waals surface area (Å²) in [6.45, 7) is 6.19. The van der Waals surface area contributed by atoms with Gasteiger partial charge >= 0.3 is 0 Å². The van der Waals surface area contributed by atoms with Gasteiger partial charge in [0.25, 0.3) is 0 Å². The Bertz CT molecular complexity index is 853. The Morgan fingerprint density at radius 3 is 3.00 bits per heavy atom. The summed E-state index contributed by atoms with van der Waals surface area (Å²) in [7, 11) is 0. The maximum Gasteiger partial charge on any atom is 0.229 e. The molecule has 1 fully saturated rings. The summed E-state index contributed by atoms with van der Waals surface area (Å²) in [5, 5.41) is 11.1. The van der Waals surface area contributed by atoms with Crippen LogP contribution in [-0.2, 0) is 0 Å². The fourth-order valence-electron chi connectivity index (χ4n) is 3.10.